The van der Waals surface area contributed by atoms with Gasteiger partial charge >= 0.3 is 0 Å². The van der Waals surface area contributed by atoms with Crippen molar-refractivity contribution in [1.29, 1.82) is 0 Å². The average Bonchev–Trinajstić information content (AvgIpc) is 2.86. The first-order valence-electron chi connectivity index (χ1n) is 6.24. The highest BCUT2D eigenvalue weighted by atomic mass is 79.9. The van der Waals surface area contributed by atoms with Crippen LogP contribution in [-0.4, -0.2) is 23.5 Å². The smallest absolute Gasteiger partial charge is 0.251 e. The Morgan fingerprint density at radius 1 is 1.33 bits per heavy atom. The summed E-state index contributed by atoms with van der Waals surface area (Å²) in [5, 5.41) is 3.08. The number of hydrogen-bond acceptors (Lipinski definition) is 2. The third-order valence-electron chi connectivity index (χ3n) is 3.63. The summed E-state index contributed by atoms with van der Waals surface area (Å²) in [5.41, 5.74) is 0.729. The number of carbonyl (C=O) groups is 1. The standard InChI is InChI=1S/C14H18BrNOS/c1-18-14(8-2-3-9-14)10-16-13(17)11-4-6-12(15)7-5-11/h4-7H,2-3,8-10H2,1H3,(H,16,17). The van der Waals surface area contributed by atoms with E-state index in [-0.39, 0.29) is 10.7 Å². The van der Waals surface area contributed by atoms with Gasteiger partial charge in [-0.05, 0) is 43.4 Å². The number of hydrogen-bond donors (Lipinski definition) is 1. The normalized spacial score (nSPS) is 17.7. The molecule has 1 amide bonds. The van der Waals surface area contributed by atoms with Gasteiger partial charge < -0.3 is 5.32 Å². The molecule has 0 bridgehead atoms. The molecule has 1 aromatic carbocycles. The van der Waals surface area contributed by atoms with E-state index in [0.29, 0.717) is 0 Å². The van der Waals surface area contributed by atoms with Crippen molar-refractivity contribution in [2.75, 3.05) is 12.8 Å². The number of halogens is 1. The first-order chi connectivity index (χ1) is 8.65. The molecule has 0 aliphatic heterocycles. The minimum Gasteiger partial charge on any atom is -0.351 e. The predicted molar refractivity (Wildman–Crippen MR) is 81.2 cm³/mol. The molecule has 1 N–H and O–H groups in total. The van der Waals surface area contributed by atoms with Crippen molar-refractivity contribution in [1.82, 2.24) is 5.32 Å². The van der Waals surface area contributed by atoms with Crippen molar-refractivity contribution in [3.63, 3.8) is 0 Å². The minimum absolute atomic E-state index is 0.0304. The fraction of sp³-hybridized carbons (Fsp3) is 0.500. The van der Waals surface area contributed by atoms with Crippen LogP contribution in [0.1, 0.15) is 36.0 Å². The largest absolute Gasteiger partial charge is 0.351 e. The lowest BCUT2D eigenvalue weighted by molar-refractivity contribution is 0.0949. The Bertz CT molecular complexity index is 412. The van der Waals surface area contributed by atoms with E-state index in [1.165, 1.54) is 25.7 Å². The summed E-state index contributed by atoms with van der Waals surface area (Å²) in [5.74, 6) is 0.0304. The van der Waals surface area contributed by atoms with Crippen LogP contribution < -0.4 is 5.32 Å². The fourth-order valence-corrected chi connectivity index (χ4v) is 3.59. The van der Waals surface area contributed by atoms with E-state index in [1.54, 1.807) is 0 Å². The molecule has 0 heterocycles. The highest BCUT2D eigenvalue weighted by Gasteiger charge is 2.33. The Balaban J connectivity index is 1.93. The molecule has 18 heavy (non-hydrogen) atoms. The summed E-state index contributed by atoms with van der Waals surface area (Å²) in [6, 6.07) is 7.49. The third-order valence-corrected chi connectivity index (χ3v) is 5.57. The molecule has 98 valence electrons. The number of benzene rings is 1. The van der Waals surface area contributed by atoms with Crippen molar-refractivity contribution in [3.05, 3.63) is 34.3 Å². The van der Waals surface area contributed by atoms with Crippen molar-refractivity contribution >= 4 is 33.6 Å². The molecule has 0 radical (unpaired) electrons. The van der Waals surface area contributed by atoms with Crippen LogP contribution in [0.2, 0.25) is 0 Å². The molecular weight excluding hydrogens is 310 g/mol. The van der Waals surface area contributed by atoms with Crippen molar-refractivity contribution < 1.29 is 4.79 Å². The predicted octanol–water partition coefficient (Wildman–Crippen LogP) is 3.85. The lowest BCUT2D eigenvalue weighted by atomic mass is 10.1. The molecule has 1 aliphatic carbocycles. The molecule has 2 rings (SSSR count). The number of carbonyl (C=O) groups excluding carboxylic acids is 1. The maximum absolute atomic E-state index is 12.0. The van der Waals surface area contributed by atoms with Gasteiger partial charge in [0.15, 0.2) is 0 Å². The first kappa shape index (κ1) is 13.9. The fourth-order valence-electron chi connectivity index (χ4n) is 2.42. The van der Waals surface area contributed by atoms with Crippen LogP contribution in [0.5, 0.6) is 0 Å². The maximum atomic E-state index is 12.0. The zero-order chi connectivity index (χ0) is 13.0. The Kier molecular flexibility index (Phi) is 4.73. The molecule has 2 nitrogen and oxygen atoms in total. The van der Waals surface area contributed by atoms with E-state index in [2.05, 4.69) is 27.5 Å². The monoisotopic (exact) mass is 327 g/mol. The second-order valence-electron chi connectivity index (χ2n) is 4.78. The zero-order valence-corrected chi connectivity index (χ0v) is 12.9. The van der Waals surface area contributed by atoms with Gasteiger partial charge in [-0.2, -0.15) is 11.8 Å². The van der Waals surface area contributed by atoms with Gasteiger partial charge in [-0.3, -0.25) is 4.79 Å². The van der Waals surface area contributed by atoms with Crippen LogP contribution in [0.15, 0.2) is 28.7 Å². The lowest BCUT2D eigenvalue weighted by Crippen LogP contribution is -2.38. The molecular formula is C14H18BrNOS. The summed E-state index contributed by atoms with van der Waals surface area (Å²) < 4.78 is 1.26. The van der Waals surface area contributed by atoms with Gasteiger partial charge in [-0.15, -0.1) is 0 Å². The van der Waals surface area contributed by atoms with Crippen LogP contribution in [0.25, 0.3) is 0 Å². The quantitative estimate of drug-likeness (QED) is 0.909. The number of amides is 1. The molecule has 0 spiro atoms. The van der Waals surface area contributed by atoms with Gasteiger partial charge in [0.1, 0.15) is 0 Å². The molecule has 0 aromatic heterocycles. The zero-order valence-electron chi connectivity index (χ0n) is 10.5. The number of thioether (sulfide) groups is 1. The third kappa shape index (κ3) is 3.29. The molecule has 4 heteroatoms. The van der Waals surface area contributed by atoms with Crippen LogP contribution in [0.3, 0.4) is 0 Å². The number of nitrogens with one attached hydrogen (secondary N) is 1. The maximum Gasteiger partial charge on any atom is 0.251 e. The Morgan fingerprint density at radius 3 is 2.50 bits per heavy atom. The lowest BCUT2D eigenvalue weighted by Gasteiger charge is -2.26. The Hall–Kier alpha value is -0.480. The molecule has 1 aliphatic rings. The molecule has 1 saturated carbocycles. The van der Waals surface area contributed by atoms with Crippen molar-refractivity contribution in [2.24, 2.45) is 0 Å². The van der Waals surface area contributed by atoms with Crippen molar-refractivity contribution in [2.45, 2.75) is 30.4 Å². The summed E-state index contributed by atoms with van der Waals surface area (Å²) >= 11 is 5.27. The summed E-state index contributed by atoms with van der Waals surface area (Å²) in [6.07, 6.45) is 7.16. The second-order valence-corrected chi connectivity index (χ2v) is 6.97. The van der Waals surface area contributed by atoms with Gasteiger partial charge in [0.2, 0.25) is 0 Å². The van der Waals surface area contributed by atoms with Gasteiger partial charge in [-0.25, -0.2) is 0 Å². The first-order valence-corrected chi connectivity index (χ1v) is 8.26. The van der Waals surface area contributed by atoms with Crippen LogP contribution >= 0.6 is 27.7 Å². The van der Waals surface area contributed by atoms with E-state index in [0.717, 1.165) is 16.6 Å². The van der Waals surface area contributed by atoms with E-state index >= 15 is 0 Å². The van der Waals surface area contributed by atoms with Gasteiger partial charge in [0.25, 0.3) is 5.91 Å². The highest BCUT2D eigenvalue weighted by molar-refractivity contribution is 9.10. The van der Waals surface area contributed by atoms with E-state index in [4.69, 9.17) is 0 Å². The average molecular weight is 328 g/mol. The van der Waals surface area contributed by atoms with E-state index in [9.17, 15) is 4.79 Å². The Labute approximate surface area is 121 Å². The van der Waals surface area contributed by atoms with Crippen molar-refractivity contribution in [3.8, 4) is 0 Å². The summed E-state index contributed by atoms with van der Waals surface area (Å²) in [6.45, 7) is 0.781. The SMILES string of the molecule is CSC1(CNC(=O)c2ccc(Br)cc2)CCCC1. The van der Waals surface area contributed by atoms with Crippen LogP contribution in [-0.2, 0) is 0 Å². The van der Waals surface area contributed by atoms with Crippen LogP contribution in [0, 0.1) is 0 Å². The second kappa shape index (κ2) is 6.11. The van der Waals surface area contributed by atoms with E-state index in [1.807, 2.05) is 36.0 Å². The minimum atomic E-state index is 0.0304. The molecule has 1 aromatic rings. The molecule has 0 saturated heterocycles. The molecule has 0 unspecified atom stereocenters. The molecule has 0 atom stereocenters. The van der Waals surface area contributed by atoms with Gasteiger partial charge in [-0.1, -0.05) is 28.8 Å². The van der Waals surface area contributed by atoms with E-state index < -0.39 is 0 Å². The van der Waals surface area contributed by atoms with Gasteiger partial charge in [0.05, 0.1) is 0 Å². The van der Waals surface area contributed by atoms with Crippen LogP contribution in [0.4, 0.5) is 0 Å². The summed E-state index contributed by atoms with van der Waals surface area (Å²) in [7, 11) is 0. The summed E-state index contributed by atoms with van der Waals surface area (Å²) in [4.78, 5) is 12.0. The Morgan fingerprint density at radius 2 is 1.94 bits per heavy atom. The van der Waals surface area contributed by atoms with Gasteiger partial charge in [0, 0.05) is 21.3 Å². The molecule has 1 fully saturated rings. The topological polar surface area (TPSA) is 29.1 Å². The highest BCUT2D eigenvalue weighted by Crippen LogP contribution is 2.39. The number of rotatable bonds is 4.